The summed E-state index contributed by atoms with van der Waals surface area (Å²) in [5.41, 5.74) is 0.472. The van der Waals surface area contributed by atoms with Crippen molar-refractivity contribution in [1.82, 2.24) is 0 Å². The number of alkyl halides is 2. The number of hydrogen-bond donors (Lipinski definition) is 0. The second-order valence-corrected chi connectivity index (χ2v) is 8.38. The molecule has 1 saturated carbocycles. The largest absolute Gasteiger partial charge is 0.486 e. The normalized spacial score (nSPS) is 19.5. The molecular formula is C24H17Cl2NO4. The smallest absolute Gasteiger partial charge is 0.317 e. The van der Waals surface area contributed by atoms with Gasteiger partial charge in [-0.1, -0.05) is 71.7 Å². The maximum Gasteiger partial charge on any atom is 0.317 e. The summed E-state index contributed by atoms with van der Waals surface area (Å²) < 4.78 is 15.5. The third-order valence-electron chi connectivity index (χ3n) is 4.74. The zero-order valence-corrected chi connectivity index (χ0v) is 17.7. The van der Waals surface area contributed by atoms with Crippen LogP contribution in [0.15, 0.2) is 84.9 Å². The van der Waals surface area contributed by atoms with Gasteiger partial charge in [0.2, 0.25) is 6.10 Å². The predicted molar refractivity (Wildman–Crippen MR) is 116 cm³/mol. The molecule has 7 heteroatoms. The van der Waals surface area contributed by atoms with E-state index in [9.17, 15) is 10.1 Å². The van der Waals surface area contributed by atoms with Crippen LogP contribution in [0.3, 0.4) is 0 Å². The molecule has 0 heterocycles. The van der Waals surface area contributed by atoms with Gasteiger partial charge in [-0.15, -0.1) is 0 Å². The second kappa shape index (κ2) is 8.89. The van der Waals surface area contributed by atoms with E-state index in [-0.39, 0.29) is 0 Å². The summed E-state index contributed by atoms with van der Waals surface area (Å²) in [5, 5.41) is 9.58. The molecule has 0 N–H and O–H groups in total. The molecule has 5 nitrogen and oxygen atoms in total. The Labute approximate surface area is 189 Å². The minimum atomic E-state index is -1.43. The number of carbonyl (C=O) groups is 1. The second-order valence-electron chi connectivity index (χ2n) is 6.94. The van der Waals surface area contributed by atoms with Gasteiger partial charge in [0.15, 0.2) is 4.33 Å². The van der Waals surface area contributed by atoms with Crippen molar-refractivity contribution in [3.05, 3.63) is 90.5 Å². The highest BCUT2D eigenvalue weighted by molar-refractivity contribution is 6.53. The molecule has 0 saturated heterocycles. The molecule has 156 valence electrons. The first-order chi connectivity index (χ1) is 15.0. The van der Waals surface area contributed by atoms with Gasteiger partial charge in [-0.2, -0.15) is 5.26 Å². The van der Waals surface area contributed by atoms with Crippen LogP contribution in [0.25, 0.3) is 0 Å². The molecule has 31 heavy (non-hydrogen) atoms. The topological polar surface area (TPSA) is 68.5 Å². The third-order valence-corrected chi connectivity index (χ3v) is 5.64. The lowest BCUT2D eigenvalue weighted by molar-refractivity contribution is -0.149. The van der Waals surface area contributed by atoms with Gasteiger partial charge in [0.25, 0.3) is 0 Å². The van der Waals surface area contributed by atoms with E-state index < -0.39 is 28.4 Å². The Bertz CT molecular complexity index is 1100. The number of rotatable bonds is 7. The standard InChI is InChI=1S/C24H17Cl2NO4/c25-24(26)21(22(24)30-18-11-5-2-6-12-18)23(28)31-20(15-27)16-8-7-13-19(14-16)29-17-9-3-1-4-10-17/h1-14,20-22H. The molecule has 0 amide bonds. The van der Waals surface area contributed by atoms with Crippen LogP contribution in [0.4, 0.5) is 0 Å². The van der Waals surface area contributed by atoms with Crippen LogP contribution >= 0.6 is 23.2 Å². The van der Waals surface area contributed by atoms with Crippen molar-refractivity contribution in [3.63, 3.8) is 0 Å². The third kappa shape index (κ3) is 4.77. The minimum absolute atomic E-state index is 0.472. The van der Waals surface area contributed by atoms with Gasteiger partial charge in [-0.3, -0.25) is 4.79 Å². The van der Waals surface area contributed by atoms with Crippen LogP contribution in [-0.4, -0.2) is 16.4 Å². The molecule has 0 aromatic heterocycles. The lowest BCUT2D eigenvalue weighted by Gasteiger charge is -2.13. The van der Waals surface area contributed by atoms with Crippen LogP contribution in [-0.2, 0) is 9.53 Å². The molecule has 1 aliphatic carbocycles. The molecule has 3 aromatic carbocycles. The number of para-hydroxylation sites is 2. The molecule has 3 unspecified atom stereocenters. The van der Waals surface area contributed by atoms with E-state index in [4.69, 9.17) is 37.4 Å². The number of carbonyl (C=O) groups excluding carboxylic acids is 1. The summed E-state index contributed by atoms with van der Waals surface area (Å²) in [6.07, 6.45) is -1.91. The highest BCUT2D eigenvalue weighted by Crippen LogP contribution is 2.56. The summed E-state index contributed by atoms with van der Waals surface area (Å²) in [5.74, 6) is 0.0948. The monoisotopic (exact) mass is 453 g/mol. The Morgan fingerprint density at radius 1 is 0.903 bits per heavy atom. The van der Waals surface area contributed by atoms with Crippen molar-refractivity contribution in [2.75, 3.05) is 0 Å². The molecule has 0 radical (unpaired) electrons. The molecule has 3 atom stereocenters. The van der Waals surface area contributed by atoms with E-state index in [2.05, 4.69) is 0 Å². The summed E-state index contributed by atoms with van der Waals surface area (Å²) in [6, 6.07) is 26.9. The van der Waals surface area contributed by atoms with Gasteiger partial charge in [0, 0.05) is 5.56 Å². The fourth-order valence-corrected chi connectivity index (χ4v) is 3.72. The van der Waals surface area contributed by atoms with Crippen LogP contribution in [0.2, 0.25) is 0 Å². The fourth-order valence-electron chi connectivity index (χ4n) is 3.10. The van der Waals surface area contributed by atoms with Crippen molar-refractivity contribution in [3.8, 4) is 23.3 Å². The molecule has 4 rings (SSSR count). The first-order valence-electron chi connectivity index (χ1n) is 9.51. The molecular weight excluding hydrogens is 437 g/mol. The van der Waals surface area contributed by atoms with E-state index in [0.29, 0.717) is 22.8 Å². The van der Waals surface area contributed by atoms with E-state index >= 15 is 0 Å². The lowest BCUT2D eigenvalue weighted by atomic mass is 10.1. The average Bonchev–Trinajstić information content (AvgIpc) is 3.33. The first kappa shape index (κ1) is 21.0. The Balaban J connectivity index is 1.44. The number of esters is 1. The Morgan fingerprint density at radius 2 is 1.52 bits per heavy atom. The summed E-state index contributed by atoms with van der Waals surface area (Å²) in [7, 11) is 0. The maximum absolute atomic E-state index is 12.7. The van der Waals surface area contributed by atoms with Crippen molar-refractivity contribution in [2.24, 2.45) is 5.92 Å². The van der Waals surface area contributed by atoms with Crippen LogP contribution < -0.4 is 9.47 Å². The van der Waals surface area contributed by atoms with Gasteiger partial charge < -0.3 is 14.2 Å². The molecule has 1 aliphatic rings. The van der Waals surface area contributed by atoms with E-state index in [1.54, 1.807) is 48.5 Å². The van der Waals surface area contributed by atoms with Crippen molar-refractivity contribution < 1.29 is 19.0 Å². The zero-order chi connectivity index (χ0) is 21.8. The summed E-state index contributed by atoms with van der Waals surface area (Å²) in [6.45, 7) is 0. The lowest BCUT2D eigenvalue weighted by Crippen LogP contribution is -2.16. The minimum Gasteiger partial charge on any atom is -0.486 e. The Morgan fingerprint density at radius 3 is 2.16 bits per heavy atom. The first-order valence-corrected chi connectivity index (χ1v) is 10.3. The maximum atomic E-state index is 12.7. The SMILES string of the molecule is N#CC(OC(=O)C1C(Oc2ccccc2)C1(Cl)Cl)c1cccc(Oc2ccccc2)c1. The molecule has 0 aliphatic heterocycles. The number of benzene rings is 3. The van der Waals surface area contributed by atoms with Crippen molar-refractivity contribution in [1.29, 1.82) is 5.26 Å². The fraction of sp³-hybridized carbons (Fsp3) is 0.167. The quantitative estimate of drug-likeness (QED) is 0.332. The highest BCUT2D eigenvalue weighted by atomic mass is 35.5. The number of nitrogens with zero attached hydrogens (tertiary/aromatic N) is 1. The Kier molecular flexibility index (Phi) is 6.03. The molecule has 0 spiro atoms. The van der Waals surface area contributed by atoms with Crippen LogP contribution in [0, 0.1) is 17.2 Å². The summed E-state index contributed by atoms with van der Waals surface area (Å²) >= 11 is 12.5. The number of nitriles is 1. The van der Waals surface area contributed by atoms with Gasteiger partial charge in [-0.05, 0) is 36.4 Å². The van der Waals surface area contributed by atoms with E-state index in [1.807, 2.05) is 42.5 Å². The van der Waals surface area contributed by atoms with Crippen LogP contribution in [0.1, 0.15) is 11.7 Å². The summed E-state index contributed by atoms with van der Waals surface area (Å²) in [4.78, 5) is 12.7. The van der Waals surface area contributed by atoms with Crippen molar-refractivity contribution in [2.45, 2.75) is 16.5 Å². The highest BCUT2D eigenvalue weighted by Gasteiger charge is 2.71. The van der Waals surface area contributed by atoms with Gasteiger partial charge in [-0.25, -0.2) is 0 Å². The Hall–Kier alpha value is -3.20. The van der Waals surface area contributed by atoms with Gasteiger partial charge in [0.05, 0.1) is 0 Å². The number of halogens is 2. The zero-order valence-electron chi connectivity index (χ0n) is 16.2. The molecule has 0 bridgehead atoms. The van der Waals surface area contributed by atoms with E-state index in [0.717, 1.165) is 0 Å². The average molecular weight is 454 g/mol. The number of ether oxygens (including phenoxy) is 3. The van der Waals surface area contributed by atoms with Gasteiger partial charge >= 0.3 is 5.97 Å². The number of hydrogen-bond acceptors (Lipinski definition) is 5. The molecule has 1 fully saturated rings. The van der Waals surface area contributed by atoms with Crippen LogP contribution in [0.5, 0.6) is 17.2 Å². The predicted octanol–water partition coefficient (Wildman–Crippen LogP) is 5.84. The van der Waals surface area contributed by atoms with E-state index in [1.165, 1.54) is 0 Å². The van der Waals surface area contributed by atoms with Crippen molar-refractivity contribution >= 4 is 29.2 Å². The molecule has 3 aromatic rings. The van der Waals surface area contributed by atoms with Gasteiger partial charge in [0.1, 0.15) is 35.3 Å².